The van der Waals surface area contributed by atoms with E-state index in [0.717, 1.165) is 7.05 Å². The number of aryl methyl sites for hydroxylation is 1. The standard InChI is InChI=1S/C5H4F3IN2O/c1-11-3(5(6,7)8)2(9)4(12)10-11/h1H3,(H,10,12). The van der Waals surface area contributed by atoms with Gasteiger partial charge in [-0.2, -0.15) is 13.2 Å². The number of alkyl halides is 3. The van der Waals surface area contributed by atoms with Crippen LogP contribution in [0.2, 0.25) is 0 Å². The zero-order valence-electron chi connectivity index (χ0n) is 5.85. The molecule has 0 atom stereocenters. The summed E-state index contributed by atoms with van der Waals surface area (Å²) in [6, 6.07) is 0. The molecule has 3 nitrogen and oxygen atoms in total. The monoisotopic (exact) mass is 292 g/mol. The average Bonchev–Trinajstić information content (AvgIpc) is 2.05. The van der Waals surface area contributed by atoms with Crippen molar-refractivity contribution >= 4 is 22.6 Å². The first-order chi connectivity index (χ1) is 5.34. The van der Waals surface area contributed by atoms with Crippen molar-refractivity contribution in [1.82, 2.24) is 9.78 Å². The van der Waals surface area contributed by atoms with Crippen LogP contribution in [0.3, 0.4) is 0 Å². The molecule has 1 aromatic heterocycles. The Labute approximate surface area is 79.3 Å². The van der Waals surface area contributed by atoms with Gasteiger partial charge in [-0.15, -0.1) is 5.10 Å². The summed E-state index contributed by atoms with van der Waals surface area (Å²) in [7, 11) is 1.13. The summed E-state index contributed by atoms with van der Waals surface area (Å²) in [5.41, 5.74) is -0.930. The molecule has 0 aliphatic rings. The maximum Gasteiger partial charge on any atom is 0.434 e. The van der Waals surface area contributed by atoms with Crippen molar-refractivity contribution in [2.75, 3.05) is 0 Å². The minimum absolute atomic E-state index is 0.275. The molecule has 0 unspecified atom stereocenters. The molecular weight excluding hydrogens is 288 g/mol. The number of hydrogen-bond acceptors (Lipinski definition) is 2. The molecule has 0 fully saturated rings. The predicted molar refractivity (Wildman–Crippen MR) is 42.6 cm³/mol. The van der Waals surface area contributed by atoms with Gasteiger partial charge in [-0.05, 0) is 22.6 Å². The van der Waals surface area contributed by atoms with E-state index < -0.39 is 17.8 Å². The van der Waals surface area contributed by atoms with Gasteiger partial charge in [0, 0.05) is 7.05 Å². The van der Waals surface area contributed by atoms with Crippen LogP contribution >= 0.6 is 22.6 Å². The number of nitrogens with zero attached hydrogens (tertiary/aromatic N) is 2. The molecule has 12 heavy (non-hydrogen) atoms. The Morgan fingerprint density at radius 3 is 2.17 bits per heavy atom. The minimum Gasteiger partial charge on any atom is -0.491 e. The molecule has 0 bridgehead atoms. The highest BCUT2D eigenvalue weighted by molar-refractivity contribution is 14.1. The molecule has 68 valence electrons. The van der Waals surface area contributed by atoms with Crippen molar-refractivity contribution in [3.8, 4) is 5.88 Å². The van der Waals surface area contributed by atoms with Crippen LogP contribution < -0.4 is 0 Å². The second-order valence-corrected chi connectivity index (χ2v) is 3.19. The SMILES string of the molecule is Cn1nc(O)c(I)c1C(F)(F)F. The lowest BCUT2D eigenvalue weighted by Gasteiger charge is -2.05. The Kier molecular flexibility index (Phi) is 2.23. The number of rotatable bonds is 0. The van der Waals surface area contributed by atoms with Crippen molar-refractivity contribution in [1.29, 1.82) is 0 Å². The molecule has 1 aromatic rings. The van der Waals surface area contributed by atoms with E-state index in [1.807, 2.05) is 0 Å². The number of hydrogen-bond donors (Lipinski definition) is 1. The Hall–Kier alpha value is -0.470. The van der Waals surface area contributed by atoms with Gasteiger partial charge in [0.15, 0.2) is 5.69 Å². The van der Waals surface area contributed by atoms with E-state index in [2.05, 4.69) is 5.10 Å². The molecule has 7 heteroatoms. The Balaban J connectivity index is 3.32. The molecule has 0 radical (unpaired) electrons. The summed E-state index contributed by atoms with van der Waals surface area (Å²) < 4.78 is 36.8. The van der Waals surface area contributed by atoms with Crippen LogP contribution in [0.4, 0.5) is 13.2 Å². The smallest absolute Gasteiger partial charge is 0.434 e. The first-order valence-corrected chi connectivity index (χ1v) is 3.90. The summed E-state index contributed by atoms with van der Waals surface area (Å²) in [5.74, 6) is -0.592. The van der Waals surface area contributed by atoms with Gasteiger partial charge in [-0.25, -0.2) is 0 Å². The predicted octanol–water partition coefficient (Wildman–Crippen LogP) is 1.75. The lowest BCUT2D eigenvalue weighted by atomic mass is 10.4. The third kappa shape index (κ3) is 1.50. The van der Waals surface area contributed by atoms with Gasteiger partial charge in [0.2, 0.25) is 5.88 Å². The van der Waals surface area contributed by atoms with Crippen molar-refractivity contribution in [2.45, 2.75) is 6.18 Å². The number of aromatic hydroxyl groups is 1. The summed E-state index contributed by atoms with van der Waals surface area (Å²) in [6.45, 7) is 0. The fourth-order valence-electron chi connectivity index (χ4n) is 0.792. The van der Waals surface area contributed by atoms with Gasteiger partial charge < -0.3 is 5.11 Å². The minimum atomic E-state index is -4.47. The molecule has 0 saturated carbocycles. The van der Waals surface area contributed by atoms with E-state index >= 15 is 0 Å². The molecule has 0 spiro atoms. The first-order valence-electron chi connectivity index (χ1n) is 2.82. The lowest BCUT2D eigenvalue weighted by Crippen LogP contribution is -2.13. The summed E-state index contributed by atoms with van der Waals surface area (Å²) in [5, 5.41) is 12.1. The Morgan fingerprint density at radius 2 is 2.00 bits per heavy atom. The van der Waals surface area contributed by atoms with Gasteiger partial charge in [0.25, 0.3) is 0 Å². The Morgan fingerprint density at radius 1 is 1.50 bits per heavy atom. The van der Waals surface area contributed by atoms with E-state index in [1.54, 1.807) is 0 Å². The molecule has 1 rings (SSSR count). The highest BCUT2D eigenvalue weighted by Crippen LogP contribution is 2.35. The van der Waals surface area contributed by atoms with Gasteiger partial charge in [0.05, 0.1) is 0 Å². The molecular formula is C5H4F3IN2O. The van der Waals surface area contributed by atoms with Crippen molar-refractivity contribution in [3.05, 3.63) is 9.26 Å². The molecule has 1 heterocycles. The average molecular weight is 292 g/mol. The largest absolute Gasteiger partial charge is 0.491 e. The molecule has 0 saturated heterocycles. The molecule has 0 aliphatic heterocycles. The summed E-state index contributed by atoms with van der Waals surface area (Å²) in [4.78, 5) is 0. The maximum atomic E-state index is 12.1. The first kappa shape index (κ1) is 9.62. The van der Waals surface area contributed by atoms with E-state index in [1.165, 1.54) is 22.6 Å². The normalized spacial score (nSPS) is 12.1. The quantitative estimate of drug-likeness (QED) is 0.740. The van der Waals surface area contributed by atoms with E-state index in [0.29, 0.717) is 4.68 Å². The fourth-order valence-corrected chi connectivity index (χ4v) is 1.55. The van der Waals surface area contributed by atoms with Gasteiger partial charge >= 0.3 is 6.18 Å². The van der Waals surface area contributed by atoms with E-state index in [9.17, 15) is 13.2 Å². The van der Waals surface area contributed by atoms with Gasteiger partial charge in [-0.1, -0.05) is 0 Å². The highest BCUT2D eigenvalue weighted by atomic mass is 127. The van der Waals surface area contributed by atoms with Crippen LogP contribution in [0, 0.1) is 3.57 Å². The van der Waals surface area contributed by atoms with Crippen LogP contribution in [-0.4, -0.2) is 14.9 Å². The lowest BCUT2D eigenvalue weighted by molar-refractivity contribution is -0.144. The van der Waals surface area contributed by atoms with Crippen LogP contribution in [0.1, 0.15) is 5.69 Å². The summed E-state index contributed by atoms with van der Waals surface area (Å²) >= 11 is 1.40. The zero-order valence-corrected chi connectivity index (χ0v) is 8.01. The molecule has 0 aliphatic carbocycles. The molecule has 1 N–H and O–H groups in total. The third-order valence-corrected chi connectivity index (χ3v) is 2.23. The topological polar surface area (TPSA) is 38.0 Å². The van der Waals surface area contributed by atoms with E-state index in [4.69, 9.17) is 5.11 Å². The van der Waals surface area contributed by atoms with Gasteiger partial charge in [-0.3, -0.25) is 4.68 Å². The summed E-state index contributed by atoms with van der Waals surface area (Å²) in [6.07, 6.45) is -4.47. The highest BCUT2D eigenvalue weighted by Gasteiger charge is 2.38. The van der Waals surface area contributed by atoms with Crippen LogP contribution in [0.25, 0.3) is 0 Å². The fraction of sp³-hybridized carbons (Fsp3) is 0.400. The second kappa shape index (κ2) is 2.79. The maximum absolute atomic E-state index is 12.1. The molecule has 0 amide bonds. The van der Waals surface area contributed by atoms with E-state index in [-0.39, 0.29) is 3.57 Å². The second-order valence-electron chi connectivity index (χ2n) is 2.11. The van der Waals surface area contributed by atoms with Crippen molar-refractivity contribution < 1.29 is 18.3 Å². The van der Waals surface area contributed by atoms with Crippen LogP contribution in [0.5, 0.6) is 5.88 Å². The Bertz CT molecular complexity index is 306. The number of halogens is 4. The van der Waals surface area contributed by atoms with Crippen molar-refractivity contribution in [2.24, 2.45) is 7.05 Å². The van der Waals surface area contributed by atoms with Crippen LogP contribution in [0.15, 0.2) is 0 Å². The third-order valence-electron chi connectivity index (χ3n) is 1.24. The van der Waals surface area contributed by atoms with Gasteiger partial charge in [0.1, 0.15) is 3.57 Å². The number of aromatic nitrogens is 2. The van der Waals surface area contributed by atoms with Crippen molar-refractivity contribution in [3.63, 3.8) is 0 Å². The zero-order chi connectivity index (χ0) is 9.52. The van der Waals surface area contributed by atoms with Crippen LogP contribution in [-0.2, 0) is 13.2 Å². The molecule has 0 aromatic carbocycles.